The van der Waals surface area contributed by atoms with Gasteiger partial charge in [-0.2, -0.15) is 0 Å². The molecule has 262 valence electrons. The number of unbranched alkanes of at least 4 members (excludes halogenated alkanes) is 1. The van der Waals surface area contributed by atoms with Gasteiger partial charge in [-0.3, -0.25) is 9.59 Å². The molecule has 2 fully saturated rings. The third-order valence-corrected chi connectivity index (χ3v) is 8.68. The first-order chi connectivity index (χ1) is 24.2. The van der Waals surface area contributed by atoms with Gasteiger partial charge in [0.25, 0.3) is 11.8 Å². The normalized spacial score (nSPS) is 21.7. The summed E-state index contributed by atoms with van der Waals surface area (Å²) < 4.78 is 24.1. The first-order valence-electron chi connectivity index (χ1n) is 16.6. The van der Waals surface area contributed by atoms with E-state index in [4.69, 9.17) is 23.8 Å². The van der Waals surface area contributed by atoms with Crippen LogP contribution in [-0.4, -0.2) is 72.3 Å². The Morgan fingerprint density at radius 2 is 1.18 bits per heavy atom. The number of nitrogens with zero attached hydrogens (tertiary/aromatic N) is 1. The Bertz CT molecular complexity index is 1630. The Morgan fingerprint density at radius 3 is 1.72 bits per heavy atom. The second-order valence-electron chi connectivity index (χ2n) is 12.2. The van der Waals surface area contributed by atoms with E-state index in [-0.39, 0.29) is 32.5 Å². The molecule has 2 aliphatic rings. The van der Waals surface area contributed by atoms with Crippen LogP contribution in [0.25, 0.3) is 0 Å². The van der Waals surface area contributed by atoms with Crippen LogP contribution < -0.4 is 0 Å². The van der Waals surface area contributed by atoms with Crippen molar-refractivity contribution in [3.8, 4) is 0 Å². The van der Waals surface area contributed by atoms with Gasteiger partial charge in [0.2, 0.25) is 0 Å². The van der Waals surface area contributed by atoms with Crippen LogP contribution in [-0.2, 0) is 38.2 Å². The highest BCUT2D eigenvalue weighted by Gasteiger charge is 2.48. The average Bonchev–Trinajstić information content (AvgIpc) is 3.46. The molecule has 1 saturated carbocycles. The highest BCUT2D eigenvalue weighted by molar-refractivity contribution is 6.01. The van der Waals surface area contributed by atoms with Gasteiger partial charge in [-0.25, -0.2) is 19.2 Å². The van der Waals surface area contributed by atoms with Crippen molar-refractivity contribution in [2.45, 2.75) is 63.8 Å². The van der Waals surface area contributed by atoms with Crippen molar-refractivity contribution in [3.05, 3.63) is 108 Å². The predicted molar refractivity (Wildman–Crippen MR) is 176 cm³/mol. The van der Waals surface area contributed by atoms with E-state index in [1.807, 2.05) is 6.92 Å². The van der Waals surface area contributed by atoms with Gasteiger partial charge in [0.05, 0.1) is 29.4 Å². The molecule has 1 heterocycles. The Kier molecular flexibility index (Phi) is 12.5. The maximum Gasteiger partial charge on any atom is 0.338 e. The summed E-state index contributed by atoms with van der Waals surface area (Å²) in [6.45, 7) is 1.91. The lowest BCUT2D eigenvalue weighted by atomic mass is 9.76. The Morgan fingerprint density at radius 1 is 0.680 bits per heavy atom. The smallest absolute Gasteiger partial charge is 0.338 e. The Balaban J connectivity index is 1.30. The molecule has 0 unspecified atom stereocenters. The summed E-state index contributed by atoms with van der Waals surface area (Å²) >= 11 is 0. The molecule has 0 spiro atoms. The largest absolute Gasteiger partial charge is 0.462 e. The number of esters is 3. The van der Waals surface area contributed by atoms with E-state index in [2.05, 4.69) is 0 Å². The summed E-state index contributed by atoms with van der Waals surface area (Å²) in [6.07, 6.45) is -1.38. The number of imide groups is 1. The molecule has 2 amide bonds. The Labute approximate surface area is 289 Å². The minimum atomic E-state index is -0.987. The SMILES string of the molecule is C[C@@H]1[C@@H](OC(=O)c2ccccc2)[C@@H](OC(=O)c2ccccc2)[C@@H](COC(=O)c2ccccc2)C[C@H]1OCCCCC(=O)ON1C(=O)CCC1=O. The van der Waals surface area contributed by atoms with Gasteiger partial charge in [0, 0.05) is 37.7 Å². The zero-order valence-electron chi connectivity index (χ0n) is 27.6. The van der Waals surface area contributed by atoms with Gasteiger partial charge in [0.15, 0.2) is 0 Å². The van der Waals surface area contributed by atoms with E-state index in [9.17, 15) is 28.8 Å². The first-order valence-corrected chi connectivity index (χ1v) is 16.6. The molecule has 5 atom stereocenters. The van der Waals surface area contributed by atoms with Crippen LogP contribution in [0.1, 0.15) is 76.5 Å². The summed E-state index contributed by atoms with van der Waals surface area (Å²) in [4.78, 5) is 80.3. The van der Waals surface area contributed by atoms with Gasteiger partial charge < -0.3 is 23.8 Å². The standard InChI is InChI=1S/C38H39NO11/c1-25-30(46-22-12-11-19-33(42)50-39-31(40)20-21-32(39)41)23-29(24-47-36(43)26-13-5-2-6-14-26)35(49-38(45)28-17-9-4-10-18-28)34(25)48-37(44)27-15-7-3-8-16-27/h2-10,13-18,25,29-30,34-35H,11-12,19-24H2,1H3/t25-,29+,30+,34+,35-/m0/s1. The molecule has 0 N–H and O–H groups in total. The summed E-state index contributed by atoms with van der Waals surface area (Å²) in [6, 6.07) is 25.3. The number of hydrogen-bond donors (Lipinski definition) is 0. The van der Waals surface area contributed by atoms with Gasteiger partial charge in [0.1, 0.15) is 12.2 Å². The average molecular weight is 686 g/mol. The molecule has 3 aromatic rings. The quantitative estimate of drug-likeness (QED) is 0.0963. The van der Waals surface area contributed by atoms with Gasteiger partial charge in [-0.05, 0) is 55.7 Å². The minimum Gasteiger partial charge on any atom is -0.462 e. The van der Waals surface area contributed by atoms with E-state index in [1.165, 1.54) is 0 Å². The van der Waals surface area contributed by atoms with Crippen molar-refractivity contribution >= 4 is 35.7 Å². The molecule has 1 saturated heterocycles. The molecule has 50 heavy (non-hydrogen) atoms. The molecule has 0 radical (unpaired) electrons. The Hall–Kier alpha value is -5.36. The van der Waals surface area contributed by atoms with Crippen molar-refractivity contribution < 1.29 is 52.6 Å². The molecule has 0 bridgehead atoms. The number of carbonyl (C=O) groups excluding carboxylic acids is 6. The highest BCUT2D eigenvalue weighted by atomic mass is 16.7. The van der Waals surface area contributed by atoms with Crippen molar-refractivity contribution in [2.24, 2.45) is 11.8 Å². The van der Waals surface area contributed by atoms with Crippen molar-refractivity contribution in [2.75, 3.05) is 13.2 Å². The molecular formula is C38H39NO11. The van der Waals surface area contributed by atoms with Crippen LogP contribution >= 0.6 is 0 Å². The van der Waals surface area contributed by atoms with Gasteiger partial charge in [-0.1, -0.05) is 61.5 Å². The molecule has 1 aliphatic heterocycles. The number of ether oxygens (including phenoxy) is 4. The van der Waals surface area contributed by atoms with E-state index >= 15 is 0 Å². The monoisotopic (exact) mass is 685 g/mol. The summed E-state index contributed by atoms with van der Waals surface area (Å²) in [5.41, 5.74) is 0.974. The lowest BCUT2D eigenvalue weighted by Crippen LogP contribution is -2.54. The van der Waals surface area contributed by atoms with E-state index in [0.717, 1.165) is 0 Å². The van der Waals surface area contributed by atoms with E-state index < -0.39 is 65.8 Å². The molecule has 12 heteroatoms. The predicted octanol–water partition coefficient (Wildman–Crippen LogP) is 5.11. The second kappa shape index (κ2) is 17.3. The topological polar surface area (TPSA) is 152 Å². The number of rotatable bonds is 14. The maximum absolute atomic E-state index is 13.4. The van der Waals surface area contributed by atoms with Crippen molar-refractivity contribution in [1.29, 1.82) is 0 Å². The molecule has 1 aliphatic carbocycles. The lowest BCUT2D eigenvalue weighted by Gasteiger charge is -2.44. The zero-order chi connectivity index (χ0) is 35.5. The molecule has 5 rings (SSSR count). The minimum absolute atomic E-state index is 0.0138. The fraction of sp³-hybridized carbons (Fsp3) is 0.368. The third kappa shape index (κ3) is 9.41. The fourth-order valence-corrected chi connectivity index (χ4v) is 5.93. The van der Waals surface area contributed by atoms with Crippen molar-refractivity contribution in [1.82, 2.24) is 5.06 Å². The molecule has 0 aromatic heterocycles. The number of carbonyl (C=O) groups is 6. The number of benzene rings is 3. The fourth-order valence-electron chi connectivity index (χ4n) is 5.93. The molecular weight excluding hydrogens is 646 g/mol. The van der Waals surface area contributed by atoms with Crippen LogP contribution in [0.2, 0.25) is 0 Å². The van der Waals surface area contributed by atoms with Crippen LogP contribution in [0.5, 0.6) is 0 Å². The first kappa shape index (κ1) is 35.9. The van der Waals surface area contributed by atoms with E-state index in [0.29, 0.717) is 41.0 Å². The van der Waals surface area contributed by atoms with Gasteiger partial charge in [-0.15, -0.1) is 5.06 Å². The number of amides is 2. The van der Waals surface area contributed by atoms with Crippen LogP contribution in [0.3, 0.4) is 0 Å². The van der Waals surface area contributed by atoms with Crippen LogP contribution in [0, 0.1) is 11.8 Å². The number of hydroxylamine groups is 2. The van der Waals surface area contributed by atoms with Crippen LogP contribution in [0.4, 0.5) is 0 Å². The third-order valence-electron chi connectivity index (χ3n) is 8.68. The van der Waals surface area contributed by atoms with Crippen molar-refractivity contribution in [3.63, 3.8) is 0 Å². The summed E-state index contributed by atoms with van der Waals surface area (Å²) in [7, 11) is 0. The highest BCUT2D eigenvalue weighted by Crippen LogP contribution is 2.37. The molecule has 3 aromatic carbocycles. The summed E-state index contributed by atoms with van der Waals surface area (Å²) in [5, 5.41) is 0.519. The zero-order valence-corrected chi connectivity index (χ0v) is 27.6. The lowest BCUT2D eigenvalue weighted by molar-refractivity contribution is -0.197. The van der Waals surface area contributed by atoms with E-state index in [1.54, 1.807) is 91.0 Å². The number of hydrogen-bond acceptors (Lipinski definition) is 11. The van der Waals surface area contributed by atoms with Crippen LogP contribution in [0.15, 0.2) is 91.0 Å². The van der Waals surface area contributed by atoms with Gasteiger partial charge >= 0.3 is 23.9 Å². The molecule has 12 nitrogen and oxygen atoms in total. The maximum atomic E-state index is 13.4. The second-order valence-corrected chi connectivity index (χ2v) is 12.2. The summed E-state index contributed by atoms with van der Waals surface area (Å²) in [5.74, 6) is -4.66.